The molecule has 1 atom stereocenters. The Morgan fingerprint density at radius 1 is 1.24 bits per heavy atom. The highest BCUT2D eigenvalue weighted by Crippen LogP contribution is 2.41. The van der Waals surface area contributed by atoms with Crippen molar-refractivity contribution in [2.24, 2.45) is 5.73 Å². The van der Waals surface area contributed by atoms with Crippen LogP contribution in [0.5, 0.6) is 0 Å². The minimum absolute atomic E-state index is 0.218. The maximum Gasteiger partial charge on any atom is 0.0713 e. The number of thioether (sulfide) groups is 2. The van der Waals surface area contributed by atoms with Gasteiger partial charge in [-0.1, -0.05) is 0 Å². The molecule has 1 unspecified atom stereocenters. The number of hydrogen-bond acceptors (Lipinski definition) is 5. The molecule has 0 aromatic heterocycles. The van der Waals surface area contributed by atoms with Crippen molar-refractivity contribution in [3.63, 3.8) is 0 Å². The highest BCUT2D eigenvalue weighted by Gasteiger charge is 2.42. The molecule has 3 nitrogen and oxygen atoms in total. The molecule has 0 saturated carbocycles. The molecule has 2 N–H and O–H groups in total. The molecule has 0 bridgehead atoms. The first-order valence-electron chi connectivity index (χ1n) is 8.42. The lowest BCUT2D eigenvalue weighted by Crippen LogP contribution is -2.54. The van der Waals surface area contributed by atoms with E-state index in [0.717, 1.165) is 19.2 Å². The van der Waals surface area contributed by atoms with Gasteiger partial charge in [0.1, 0.15) is 0 Å². The van der Waals surface area contributed by atoms with Crippen LogP contribution in [0, 0.1) is 0 Å². The fourth-order valence-corrected chi connectivity index (χ4v) is 6.19. The maximum absolute atomic E-state index is 6.25. The van der Waals surface area contributed by atoms with Crippen LogP contribution in [-0.4, -0.2) is 65.3 Å². The molecule has 1 spiro atoms. The molecule has 3 saturated heterocycles. The summed E-state index contributed by atoms with van der Waals surface area (Å²) in [6.07, 6.45) is 9.76. The summed E-state index contributed by atoms with van der Waals surface area (Å²) in [5, 5.41) is 0. The Morgan fingerprint density at radius 2 is 1.95 bits per heavy atom. The van der Waals surface area contributed by atoms with E-state index in [1.807, 2.05) is 11.8 Å². The second-order valence-corrected chi connectivity index (χ2v) is 9.42. The smallest absolute Gasteiger partial charge is 0.0713 e. The van der Waals surface area contributed by atoms with Crippen molar-refractivity contribution in [1.29, 1.82) is 0 Å². The molecule has 0 aromatic rings. The van der Waals surface area contributed by atoms with Gasteiger partial charge in [0.25, 0.3) is 0 Å². The molecule has 3 heterocycles. The molecule has 0 aliphatic carbocycles. The first-order chi connectivity index (χ1) is 10.2. The molecule has 21 heavy (non-hydrogen) atoms. The predicted molar refractivity (Wildman–Crippen MR) is 94.4 cm³/mol. The SMILES string of the molecule is CSC1(CN)CCN(C2CCOC3(CCSCC3)C2)CC1. The van der Waals surface area contributed by atoms with Crippen LogP contribution < -0.4 is 5.73 Å². The molecular weight excluding hydrogens is 300 g/mol. The Labute approximate surface area is 138 Å². The largest absolute Gasteiger partial charge is 0.375 e. The summed E-state index contributed by atoms with van der Waals surface area (Å²) in [6.45, 7) is 4.26. The lowest BCUT2D eigenvalue weighted by molar-refractivity contribution is -0.112. The van der Waals surface area contributed by atoms with E-state index in [1.165, 1.54) is 63.1 Å². The van der Waals surface area contributed by atoms with Crippen LogP contribution in [0.1, 0.15) is 38.5 Å². The average Bonchev–Trinajstić information content (AvgIpc) is 2.56. The van der Waals surface area contributed by atoms with E-state index >= 15 is 0 Å². The van der Waals surface area contributed by atoms with E-state index in [2.05, 4.69) is 22.9 Å². The van der Waals surface area contributed by atoms with E-state index in [1.54, 1.807) is 0 Å². The van der Waals surface area contributed by atoms with Gasteiger partial charge in [-0.15, -0.1) is 0 Å². The zero-order valence-electron chi connectivity index (χ0n) is 13.3. The van der Waals surface area contributed by atoms with Gasteiger partial charge in [0.05, 0.1) is 5.60 Å². The second kappa shape index (κ2) is 7.00. The number of ether oxygens (including phenoxy) is 1. The van der Waals surface area contributed by atoms with Gasteiger partial charge in [-0.25, -0.2) is 0 Å². The van der Waals surface area contributed by atoms with Crippen molar-refractivity contribution in [1.82, 2.24) is 4.90 Å². The Kier molecular flexibility index (Phi) is 5.48. The van der Waals surface area contributed by atoms with E-state index < -0.39 is 0 Å². The van der Waals surface area contributed by atoms with Crippen molar-refractivity contribution in [2.75, 3.05) is 44.0 Å². The summed E-state index contributed by atoms with van der Waals surface area (Å²) in [4.78, 5) is 2.75. The van der Waals surface area contributed by atoms with Crippen molar-refractivity contribution in [3.05, 3.63) is 0 Å². The topological polar surface area (TPSA) is 38.5 Å². The Morgan fingerprint density at radius 3 is 2.57 bits per heavy atom. The number of likely N-dealkylation sites (tertiary alicyclic amines) is 1. The third-order valence-electron chi connectivity index (χ3n) is 5.90. The van der Waals surface area contributed by atoms with Gasteiger partial charge in [-0.05, 0) is 69.4 Å². The Balaban J connectivity index is 1.57. The van der Waals surface area contributed by atoms with Gasteiger partial charge in [0, 0.05) is 23.9 Å². The predicted octanol–water partition coefficient (Wildman–Crippen LogP) is 2.59. The lowest BCUT2D eigenvalue weighted by atomic mass is 9.83. The zero-order chi connectivity index (χ0) is 14.8. The van der Waals surface area contributed by atoms with E-state index in [0.29, 0.717) is 4.75 Å². The van der Waals surface area contributed by atoms with E-state index in [9.17, 15) is 0 Å². The highest BCUT2D eigenvalue weighted by atomic mass is 32.2. The van der Waals surface area contributed by atoms with Crippen LogP contribution in [0.2, 0.25) is 0 Å². The fraction of sp³-hybridized carbons (Fsp3) is 1.00. The molecule has 3 rings (SSSR count). The standard InChI is InChI=1S/C16H30N2OS2/c1-20-16(13-17)3-7-18(8-4-16)14-2-9-19-15(12-14)5-10-21-11-6-15/h14H,2-13,17H2,1H3. The van der Waals surface area contributed by atoms with E-state index in [-0.39, 0.29) is 5.60 Å². The fourth-order valence-electron chi connectivity index (χ4n) is 4.19. The maximum atomic E-state index is 6.25. The summed E-state index contributed by atoms with van der Waals surface area (Å²) >= 11 is 4.08. The summed E-state index contributed by atoms with van der Waals surface area (Å²) in [7, 11) is 0. The summed E-state index contributed by atoms with van der Waals surface area (Å²) < 4.78 is 6.59. The molecule has 0 aromatic carbocycles. The van der Waals surface area contributed by atoms with Gasteiger partial charge < -0.3 is 15.4 Å². The minimum atomic E-state index is 0.218. The van der Waals surface area contributed by atoms with Crippen LogP contribution in [-0.2, 0) is 4.74 Å². The molecule has 0 radical (unpaired) electrons. The first kappa shape index (κ1) is 16.4. The zero-order valence-corrected chi connectivity index (χ0v) is 14.9. The van der Waals surface area contributed by atoms with E-state index in [4.69, 9.17) is 10.5 Å². The Bertz CT molecular complexity index is 328. The molecule has 5 heteroatoms. The van der Waals surface area contributed by atoms with Crippen molar-refractivity contribution < 1.29 is 4.74 Å². The van der Waals surface area contributed by atoms with Crippen molar-refractivity contribution in [3.8, 4) is 0 Å². The Hall–Kier alpha value is 0.580. The van der Waals surface area contributed by atoms with Crippen molar-refractivity contribution >= 4 is 23.5 Å². The first-order valence-corrected chi connectivity index (χ1v) is 10.8. The van der Waals surface area contributed by atoms with Crippen LogP contribution in [0.3, 0.4) is 0 Å². The van der Waals surface area contributed by atoms with Crippen LogP contribution in [0.15, 0.2) is 0 Å². The highest BCUT2D eigenvalue weighted by molar-refractivity contribution is 8.00. The number of piperidine rings is 1. The third-order valence-corrected chi connectivity index (χ3v) is 8.33. The lowest BCUT2D eigenvalue weighted by Gasteiger charge is -2.49. The third kappa shape index (κ3) is 3.57. The monoisotopic (exact) mass is 330 g/mol. The number of nitrogens with zero attached hydrogens (tertiary/aromatic N) is 1. The summed E-state index contributed by atoms with van der Waals surface area (Å²) in [5.74, 6) is 2.57. The molecule has 3 fully saturated rings. The molecule has 0 amide bonds. The van der Waals surface area contributed by atoms with Crippen LogP contribution in [0.25, 0.3) is 0 Å². The number of rotatable bonds is 3. The molecule has 3 aliphatic rings. The van der Waals surface area contributed by atoms with Gasteiger partial charge in [-0.3, -0.25) is 0 Å². The average molecular weight is 331 g/mol. The van der Waals surface area contributed by atoms with Crippen LogP contribution >= 0.6 is 23.5 Å². The summed E-state index contributed by atoms with van der Waals surface area (Å²) in [6, 6.07) is 0.750. The molecule has 122 valence electrons. The van der Waals surface area contributed by atoms with Crippen molar-refractivity contribution in [2.45, 2.75) is 54.9 Å². The second-order valence-electron chi connectivity index (χ2n) is 6.92. The van der Waals surface area contributed by atoms with Gasteiger partial charge in [0.15, 0.2) is 0 Å². The number of nitrogens with two attached hydrogens (primary N) is 1. The quantitative estimate of drug-likeness (QED) is 0.861. The molecule has 3 aliphatic heterocycles. The summed E-state index contributed by atoms with van der Waals surface area (Å²) in [5.41, 5.74) is 6.24. The molecular formula is C16H30N2OS2. The van der Waals surface area contributed by atoms with Gasteiger partial charge in [-0.2, -0.15) is 23.5 Å². The normalized spacial score (nSPS) is 33.1. The van der Waals surface area contributed by atoms with Gasteiger partial charge >= 0.3 is 0 Å². The number of hydrogen-bond donors (Lipinski definition) is 1. The van der Waals surface area contributed by atoms with Crippen LogP contribution in [0.4, 0.5) is 0 Å². The van der Waals surface area contributed by atoms with Gasteiger partial charge in [0.2, 0.25) is 0 Å². The minimum Gasteiger partial charge on any atom is -0.375 e.